The quantitative estimate of drug-likeness (QED) is 0.550. The van der Waals surface area contributed by atoms with Gasteiger partial charge < -0.3 is 14.6 Å². The van der Waals surface area contributed by atoms with E-state index in [-0.39, 0.29) is 11.5 Å². The van der Waals surface area contributed by atoms with Crippen LogP contribution in [0.3, 0.4) is 0 Å². The van der Waals surface area contributed by atoms with Gasteiger partial charge in [-0.15, -0.1) is 0 Å². The van der Waals surface area contributed by atoms with Crippen molar-refractivity contribution in [2.45, 2.75) is 6.61 Å². The van der Waals surface area contributed by atoms with Gasteiger partial charge in [-0.3, -0.25) is 0 Å². The highest BCUT2D eigenvalue weighted by Crippen LogP contribution is 2.15. The molecule has 0 aliphatic heterocycles. The average Bonchev–Trinajstić information content (AvgIpc) is 2.14. The summed E-state index contributed by atoms with van der Waals surface area (Å²) >= 11 is 0. The van der Waals surface area contributed by atoms with Gasteiger partial charge in [0.1, 0.15) is 5.76 Å². The van der Waals surface area contributed by atoms with Gasteiger partial charge in [0.15, 0.2) is 5.75 Å². The Morgan fingerprint density at radius 1 is 1.75 bits per heavy atom. The maximum absolute atomic E-state index is 9.96. The molecule has 0 aliphatic carbocycles. The molecule has 3 heteroatoms. The maximum atomic E-state index is 9.96. The molecule has 1 rings (SSSR count). The van der Waals surface area contributed by atoms with E-state index in [1.54, 1.807) is 0 Å². The molecule has 0 saturated carbocycles. The van der Waals surface area contributed by atoms with Crippen molar-refractivity contribution in [1.82, 2.24) is 0 Å². The molecule has 0 radical (unpaired) electrons. The van der Waals surface area contributed by atoms with Gasteiger partial charge in [0.2, 0.25) is 0 Å². The van der Waals surface area contributed by atoms with E-state index in [1.165, 1.54) is 12.3 Å². The van der Waals surface area contributed by atoms with Crippen molar-refractivity contribution in [3.63, 3.8) is 0 Å². The van der Waals surface area contributed by atoms with E-state index < -0.39 is 6.61 Å². The highest BCUT2D eigenvalue weighted by Gasteiger charge is 1.94. The SMILES string of the molecule is [O-]Cc1occc1O. The van der Waals surface area contributed by atoms with Crippen LogP contribution in [0, 0.1) is 0 Å². The Morgan fingerprint density at radius 3 is 2.75 bits per heavy atom. The molecule has 0 aromatic carbocycles. The van der Waals surface area contributed by atoms with Crippen molar-refractivity contribution >= 4 is 0 Å². The van der Waals surface area contributed by atoms with Gasteiger partial charge in [-0.2, -0.15) is 0 Å². The van der Waals surface area contributed by atoms with Crippen LogP contribution in [0.25, 0.3) is 0 Å². The van der Waals surface area contributed by atoms with E-state index in [0.29, 0.717) is 0 Å². The lowest BCUT2D eigenvalue weighted by atomic mass is 10.4. The minimum Gasteiger partial charge on any atom is -0.849 e. The topological polar surface area (TPSA) is 56.4 Å². The minimum absolute atomic E-state index is 0.0556. The van der Waals surface area contributed by atoms with Gasteiger partial charge in [0.25, 0.3) is 0 Å². The molecule has 0 fully saturated rings. The van der Waals surface area contributed by atoms with Gasteiger partial charge >= 0.3 is 0 Å². The standard InChI is InChI=1S/C5H5O3/c6-3-5-4(7)1-2-8-5/h1-2,7H,3H2/q-1. The molecule has 1 aromatic heterocycles. The lowest BCUT2D eigenvalue weighted by Gasteiger charge is -1.96. The molecular formula is C5H5O3-. The Balaban J connectivity index is 2.92. The fourth-order valence-electron chi connectivity index (χ4n) is 0.442. The van der Waals surface area contributed by atoms with E-state index in [0.717, 1.165) is 0 Å². The first-order valence-corrected chi connectivity index (χ1v) is 2.18. The first-order chi connectivity index (χ1) is 3.84. The van der Waals surface area contributed by atoms with Gasteiger partial charge in [-0.25, -0.2) is 0 Å². The van der Waals surface area contributed by atoms with Crippen LogP contribution in [0.4, 0.5) is 0 Å². The fraction of sp³-hybridized carbons (Fsp3) is 0.200. The van der Waals surface area contributed by atoms with Crippen LogP contribution in [-0.4, -0.2) is 5.11 Å². The largest absolute Gasteiger partial charge is 0.849 e. The Labute approximate surface area is 46.2 Å². The molecule has 1 aromatic rings. The van der Waals surface area contributed by atoms with Gasteiger partial charge in [0.05, 0.1) is 6.26 Å². The number of rotatable bonds is 1. The lowest BCUT2D eigenvalue weighted by Crippen LogP contribution is -2.00. The second-order valence-electron chi connectivity index (χ2n) is 1.37. The van der Waals surface area contributed by atoms with Crippen LogP contribution in [0.2, 0.25) is 0 Å². The number of hydrogen-bond donors (Lipinski definition) is 1. The zero-order chi connectivity index (χ0) is 5.98. The average molecular weight is 113 g/mol. The molecule has 44 valence electrons. The van der Waals surface area contributed by atoms with Crippen LogP contribution in [0.5, 0.6) is 5.75 Å². The van der Waals surface area contributed by atoms with Crippen LogP contribution in [-0.2, 0) is 6.61 Å². The van der Waals surface area contributed by atoms with Gasteiger partial charge in [-0.1, -0.05) is 6.61 Å². The number of furan rings is 1. The fourth-order valence-corrected chi connectivity index (χ4v) is 0.442. The van der Waals surface area contributed by atoms with Crippen LogP contribution < -0.4 is 5.11 Å². The first kappa shape index (κ1) is 5.18. The maximum Gasteiger partial charge on any atom is 0.155 e. The predicted octanol–water partition coefficient (Wildman–Crippen LogP) is -0.155. The second kappa shape index (κ2) is 1.88. The smallest absolute Gasteiger partial charge is 0.155 e. The molecule has 0 bridgehead atoms. The van der Waals surface area contributed by atoms with E-state index >= 15 is 0 Å². The third-order valence-corrected chi connectivity index (χ3v) is 0.853. The predicted molar refractivity (Wildman–Crippen MR) is 24.1 cm³/mol. The Morgan fingerprint density at radius 2 is 2.50 bits per heavy atom. The Hall–Kier alpha value is -0.960. The van der Waals surface area contributed by atoms with Crippen molar-refractivity contribution in [2.24, 2.45) is 0 Å². The van der Waals surface area contributed by atoms with Crippen molar-refractivity contribution in [2.75, 3.05) is 0 Å². The van der Waals surface area contributed by atoms with E-state index in [9.17, 15) is 5.11 Å². The Bertz CT molecular complexity index is 168. The lowest BCUT2D eigenvalue weighted by molar-refractivity contribution is -0.390. The molecule has 0 amide bonds. The summed E-state index contributed by atoms with van der Waals surface area (Å²) in [5, 5.41) is 18.6. The summed E-state index contributed by atoms with van der Waals surface area (Å²) in [4.78, 5) is 0. The third kappa shape index (κ3) is 0.675. The van der Waals surface area contributed by atoms with Crippen molar-refractivity contribution in [1.29, 1.82) is 0 Å². The second-order valence-corrected chi connectivity index (χ2v) is 1.37. The molecule has 1 heterocycles. The highest BCUT2D eigenvalue weighted by atomic mass is 16.4. The molecule has 1 N–H and O–H groups in total. The van der Waals surface area contributed by atoms with Crippen molar-refractivity contribution in [3.05, 3.63) is 18.1 Å². The number of hydrogen-bond acceptors (Lipinski definition) is 3. The summed E-state index contributed by atoms with van der Waals surface area (Å²) in [6.45, 7) is -0.501. The Kier molecular flexibility index (Phi) is 1.22. The summed E-state index contributed by atoms with van der Waals surface area (Å²) in [7, 11) is 0. The minimum atomic E-state index is -0.501. The van der Waals surface area contributed by atoms with Crippen molar-refractivity contribution in [3.8, 4) is 5.75 Å². The summed E-state index contributed by atoms with van der Waals surface area (Å²) in [5.41, 5.74) is 0. The molecule has 0 saturated heterocycles. The van der Waals surface area contributed by atoms with Gasteiger partial charge in [0, 0.05) is 6.07 Å². The first-order valence-electron chi connectivity index (χ1n) is 2.18. The molecule has 8 heavy (non-hydrogen) atoms. The van der Waals surface area contributed by atoms with Gasteiger partial charge in [-0.05, 0) is 0 Å². The summed E-state index contributed by atoms with van der Waals surface area (Å²) in [6.07, 6.45) is 1.28. The summed E-state index contributed by atoms with van der Waals surface area (Å²) in [6, 6.07) is 1.34. The van der Waals surface area contributed by atoms with E-state index in [4.69, 9.17) is 5.11 Å². The van der Waals surface area contributed by atoms with Crippen LogP contribution in [0.15, 0.2) is 16.7 Å². The normalized spacial score (nSPS) is 9.62. The van der Waals surface area contributed by atoms with Crippen molar-refractivity contribution < 1.29 is 14.6 Å². The molecule has 0 unspecified atom stereocenters. The zero-order valence-corrected chi connectivity index (χ0v) is 4.13. The highest BCUT2D eigenvalue weighted by molar-refractivity contribution is 5.20. The van der Waals surface area contributed by atoms with Crippen LogP contribution >= 0.6 is 0 Å². The molecule has 0 atom stereocenters. The number of aromatic hydroxyl groups is 1. The van der Waals surface area contributed by atoms with E-state index in [2.05, 4.69) is 4.42 Å². The summed E-state index contributed by atoms with van der Waals surface area (Å²) in [5.74, 6) is 0.0463. The van der Waals surface area contributed by atoms with E-state index in [1.807, 2.05) is 0 Å². The third-order valence-electron chi connectivity index (χ3n) is 0.853. The zero-order valence-electron chi connectivity index (χ0n) is 4.13. The molecular weight excluding hydrogens is 108 g/mol. The molecule has 0 spiro atoms. The monoisotopic (exact) mass is 113 g/mol. The summed E-state index contributed by atoms with van der Waals surface area (Å²) < 4.78 is 4.55. The molecule has 0 aliphatic rings. The van der Waals surface area contributed by atoms with Crippen LogP contribution in [0.1, 0.15) is 5.76 Å². The molecule has 3 nitrogen and oxygen atoms in total.